The minimum atomic E-state index is 0.184. The van der Waals surface area contributed by atoms with Gasteiger partial charge in [-0.1, -0.05) is 11.6 Å². The predicted molar refractivity (Wildman–Crippen MR) is 63.7 cm³/mol. The quantitative estimate of drug-likeness (QED) is 0.786. The molecular weight excluding hydrogens is 277 g/mol. The standard InChI is InChI=1S/C11H7BrClNO/c12-6-2-3-7(13)9-5-1-4-8(15)10(5)14-11(6)9/h2-3,14H,1,4H2. The van der Waals surface area contributed by atoms with Crippen molar-refractivity contribution in [1.29, 1.82) is 0 Å². The number of hydrogen-bond donors (Lipinski definition) is 1. The van der Waals surface area contributed by atoms with E-state index in [0.29, 0.717) is 11.4 Å². The summed E-state index contributed by atoms with van der Waals surface area (Å²) in [6, 6.07) is 3.74. The Morgan fingerprint density at radius 2 is 2.13 bits per heavy atom. The summed E-state index contributed by atoms with van der Waals surface area (Å²) in [4.78, 5) is 14.7. The van der Waals surface area contributed by atoms with Gasteiger partial charge in [-0.15, -0.1) is 0 Å². The first-order valence-electron chi connectivity index (χ1n) is 4.70. The summed E-state index contributed by atoms with van der Waals surface area (Å²) in [5.41, 5.74) is 2.74. The zero-order valence-electron chi connectivity index (χ0n) is 7.73. The van der Waals surface area contributed by atoms with Crippen molar-refractivity contribution >= 4 is 44.2 Å². The van der Waals surface area contributed by atoms with E-state index in [9.17, 15) is 4.79 Å². The third-order valence-electron chi connectivity index (χ3n) is 2.84. The summed E-state index contributed by atoms with van der Waals surface area (Å²) >= 11 is 9.60. The van der Waals surface area contributed by atoms with Gasteiger partial charge in [0.25, 0.3) is 0 Å². The fourth-order valence-corrected chi connectivity index (χ4v) is 2.85. The summed E-state index contributed by atoms with van der Waals surface area (Å²) in [5.74, 6) is 0.184. The number of fused-ring (bicyclic) bond motifs is 3. The molecule has 1 aliphatic carbocycles. The Hall–Kier alpha value is -0.800. The molecular formula is C11H7BrClNO. The number of halogens is 2. The Morgan fingerprint density at radius 1 is 1.33 bits per heavy atom. The summed E-state index contributed by atoms with van der Waals surface area (Å²) in [5, 5.41) is 1.70. The topological polar surface area (TPSA) is 32.9 Å². The summed E-state index contributed by atoms with van der Waals surface area (Å²) in [6.07, 6.45) is 1.39. The van der Waals surface area contributed by atoms with E-state index in [1.165, 1.54) is 0 Å². The molecule has 76 valence electrons. The molecule has 0 radical (unpaired) electrons. The monoisotopic (exact) mass is 283 g/mol. The number of H-pyrrole nitrogens is 1. The Bertz CT molecular complexity index is 588. The molecule has 0 unspecified atom stereocenters. The smallest absolute Gasteiger partial charge is 0.179 e. The van der Waals surface area contributed by atoms with Gasteiger partial charge in [0.15, 0.2) is 5.78 Å². The van der Waals surface area contributed by atoms with E-state index in [4.69, 9.17) is 11.6 Å². The van der Waals surface area contributed by atoms with Gasteiger partial charge in [-0.2, -0.15) is 0 Å². The molecule has 0 spiro atoms. The number of aromatic amines is 1. The molecule has 0 bridgehead atoms. The molecule has 0 amide bonds. The maximum atomic E-state index is 11.6. The number of rotatable bonds is 0. The van der Waals surface area contributed by atoms with Gasteiger partial charge in [0.05, 0.1) is 16.2 Å². The van der Waals surface area contributed by atoms with E-state index in [-0.39, 0.29) is 5.78 Å². The molecule has 1 aliphatic rings. The third kappa shape index (κ3) is 1.20. The normalized spacial score (nSPS) is 14.9. The van der Waals surface area contributed by atoms with E-state index >= 15 is 0 Å². The number of nitrogens with one attached hydrogen (secondary N) is 1. The minimum Gasteiger partial charge on any atom is -0.351 e. The maximum Gasteiger partial charge on any atom is 0.179 e. The molecule has 0 fully saturated rings. The second-order valence-corrected chi connectivity index (χ2v) is 4.94. The first-order chi connectivity index (χ1) is 7.18. The average Bonchev–Trinajstić information content (AvgIpc) is 2.74. The number of benzene rings is 1. The van der Waals surface area contributed by atoms with Gasteiger partial charge in [-0.3, -0.25) is 4.79 Å². The van der Waals surface area contributed by atoms with Crippen LogP contribution in [0.3, 0.4) is 0 Å². The highest BCUT2D eigenvalue weighted by Gasteiger charge is 2.26. The third-order valence-corrected chi connectivity index (χ3v) is 3.81. The van der Waals surface area contributed by atoms with Crippen LogP contribution in [0.15, 0.2) is 16.6 Å². The fraction of sp³-hybridized carbons (Fsp3) is 0.182. The zero-order chi connectivity index (χ0) is 10.6. The SMILES string of the molecule is O=C1CCc2c1[nH]c1c(Br)ccc(Cl)c21. The Labute approximate surface area is 99.7 Å². The molecule has 0 atom stereocenters. The van der Waals surface area contributed by atoms with Crippen molar-refractivity contribution < 1.29 is 4.79 Å². The van der Waals surface area contributed by atoms with Gasteiger partial charge < -0.3 is 4.98 Å². The number of aromatic nitrogens is 1. The average molecular weight is 285 g/mol. The van der Waals surface area contributed by atoms with Gasteiger partial charge in [0.1, 0.15) is 0 Å². The Morgan fingerprint density at radius 3 is 2.93 bits per heavy atom. The van der Waals surface area contributed by atoms with Gasteiger partial charge in [-0.05, 0) is 40.0 Å². The Kier molecular flexibility index (Phi) is 1.94. The summed E-state index contributed by atoms with van der Waals surface area (Å²) in [7, 11) is 0. The molecule has 15 heavy (non-hydrogen) atoms. The van der Waals surface area contributed by atoms with E-state index in [1.807, 2.05) is 12.1 Å². The van der Waals surface area contributed by atoms with Crippen molar-refractivity contribution in [3.63, 3.8) is 0 Å². The van der Waals surface area contributed by atoms with Crippen LogP contribution in [0.1, 0.15) is 22.5 Å². The highest BCUT2D eigenvalue weighted by molar-refractivity contribution is 9.10. The van der Waals surface area contributed by atoms with Crippen LogP contribution < -0.4 is 0 Å². The van der Waals surface area contributed by atoms with Crippen LogP contribution >= 0.6 is 27.5 Å². The number of ketones is 1. The lowest BCUT2D eigenvalue weighted by molar-refractivity contribution is 0.0991. The molecule has 1 aromatic heterocycles. The predicted octanol–water partition coefficient (Wildman–Crippen LogP) is 3.71. The van der Waals surface area contributed by atoms with Crippen LogP contribution in [-0.4, -0.2) is 10.8 Å². The van der Waals surface area contributed by atoms with E-state index < -0.39 is 0 Å². The molecule has 2 nitrogen and oxygen atoms in total. The molecule has 1 aromatic carbocycles. The van der Waals surface area contributed by atoms with Crippen molar-refractivity contribution in [2.45, 2.75) is 12.8 Å². The lowest BCUT2D eigenvalue weighted by Gasteiger charge is -1.98. The second kappa shape index (κ2) is 3.09. The number of carbonyl (C=O) groups excluding carboxylic acids is 1. The van der Waals surface area contributed by atoms with Crippen molar-refractivity contribution in [2.75, 3.05) is 0 Å². The number of aryl methyl sites for hydroxylation is 1. The van der Waals surface area contributed by atoms with Crippen molar-refractivity contribution in [1.82, 2.24) is 4.98 Å². The highest BCUT2D eigenvalue weighted by Crippen LogP contribution is 2.37. The molecule has 1 heterocycles. The number of hydrogen-bond acceptors (Lipinski definition) is 1. The largest absolute Gasteiger partial charge is 0.351 e. The van der Waals surface area contributed by atoms with Crippen molar-refractivity contribution in [3.05, 3.63) is 32.9 Å². The van der Waals surface area contributed by atoms with Crippen molar-refractivity contribution in [3.8, 4) is 0 Å². The van der Waals surface area contributed by atoms with Crippen LogP contribution in [0.4, 0.5) is 0 Å². The maximum absolute atomic E-state index is 11.6. The Balaban J connectivity index is 2.49. The molecule has 0 aliphatic heterocycles. The second-order valence-electron chi connectivity index (χ2n) is 3.68. The lowest BCUT2D eigenvalue weighted by Crippen LogP contribution is -1.91. The zero-order valence-corrected chi connectivity index (χ0v) is 10.1. The van der Waals surface area contributed by atoms with Crippen molar-refractivity contribution in [2.24, 2.45) is 0 Å². The first kappa shape index (κ1) is 9.43. The first-order valence-corrected chi connectivity index (χ1v) is 5.87. The minimum absolute atomic E-state index is 0.184. The van der Waals surface area contributed by atoms with Crippen LogP contribution in [0.5, 0.6) is 0 Å². The number of carbonyl (C=O) groups is 1. The van der Waals surface area contributed by atoms with Gasteiger partial charge in [0, 0.05) is 16.3 Å². The fourth-order valence-electron chi connectivity index (χ4n) is 2.15. The van der Waals surface area contributed by atoms with E-state index in [1.54, 1.807) is 0 Å². The van der Waals surface area contributed by atoms with Crippen LogP contribution in [-0.2, 0) is 6.42 Å². The highest BCUT2D eigenvalue weighted by atomic mass is 79.9. The van der Waals surface area contributed by atoms with Crippen LogP contribution in [0.2, 0.25) is 5.02 Å². The van der Waals surface area contributed by atoms with Crippen LogP contribution in [0.25, 0.3) is 10.9 Å². The summed E-state index contributed by atoms with van der Waals surface area (Å²) in [6.45, 7) is 0. The lowest BCUT2D eigenvalue weighted by atomic mass is 10.1. The molecule has 2 aromatic rings. The molecule has 0 saturated heterocycles. The van der Waals surface area contributed by atoms with E-state index in [0.717, 1.165) is 33.1 Å². The van der Waals surface area contributed by atoms with Gasteiger partial charge >= 0.3 is 0 Å². The molecule has 3 rings (SSSR count). The van der Waals surface area contributed by atoms with Gasteiger partial charge in [0.2, 0.25) is 0 Å². The van der Waals surface area contributed by atoms with Gasteiger partial charge in [-0.25, -0.2) is 0 Å². The molecule has 4 heteroatoms. The van der Waals surface area contributed by atoms with E-state index in [2.05, 4.69) is 20.9 Å². The number of Topliss-reactive ketones (excluding diaryl/α,β-unsaturated/α-hetero) is 1. The molecule has 0 saturated carbocycles. The van der Waals surface area contributed by atoms with Crippen LogP contribution in [0, 0.1) is 0 Å². The summed E-state index contributed by atoms with van der Waals surface area (Å²) < 4.78 is 0.948. The molecule has 1 N–H and O–H groups in total.